The van der Waals surface area contributed by atoms with Crippen molar-refractivity contribution in [1.82, 2.24) is 0 Å². The molecule has 72 valence electrons. The minimum Gasteiger partial charge on any atom is -0.450 e. The predicted octanol–water partition coefficient (Wildman–Crippen LogP) is 0.469. The molecule has 0 radical (unpaired) electrons. The molecule has 0 spiro atoms. The first-order chi connectivity index (χ1) is 5.70. The molecule has 0 saturated heterocycles. The third-order valence-electron chi connectivity index (χ3n) is 1.26. The van der Waals surface area contributed by atoms with E-state index in [0.29, 0.717) is 6.42 Å². The average molecular weight is 178 g/mol. The molecule has 0 aliphatic rings. The molecule has 0 heterocycles. The van der Waals surface area contributed by atoms with Gasteiger partial charge in [-0.1, -0.05) is 6.92 Å². The van der Waals surface area contributed by atoms with Gasteiger partial charge in [-0.3, -0.25) is 0 Å². The maximum atomic E-state index is 10.1. The number of hydrogen-bond donors (Lipinski definition) is 2. The summed E-state index contributed by atoms with van der Waals surface area (Å²) < 4.78 is 9.35. The van der Waals surface area contributed by atoms with Crippen molar-refractivity contribution in [2.45, 2.75) is 19.4 Å². The summed E-state index contributed by atoms with van der Waals surface area (Å²) in [5.74, 6) is 0. The van der Waals surface area contributed by atoms with Crippen molar-refractivity contribution in [3.8, 4) is 0 Å². The maximum Gasteiger partial charge on any atom is 0.506 e. The second-order valence-electron chi connectivity index (χ2n) is 2.21. The van der Waals surface area contributed by atoms with Gasteiger partial charge in [0.05, 0.1) is 19.8 Å². The van der Waals surface area contributed by atoms with Crippen LogP contribution in [0.2, 0.25) is 0 Å². The Balaban J connectivity index is 3.46. The minimum absolute atomic E-state index is 0.0660. The molecule has 0 fully saturated rings. The molecule has 12 heavy (non-hydrogen) atoms. The van der Waals surface area contributed by atoms with Crippen molar-refractivity contribution >= 4 is 6.16 Å². The highest BCUT2D eigenvalue weighted by atomic mass is 16.7. The molecule has 0 saturated carbocycles. The van der Waals surface area contributed by atoms with E-state index in [2.05, 4.69) is 4.74 Å². The van der Waals surface area contributed by atoms with E-state index in [0.717, 1.165) is 0 Å². The fourth-order valence-corrected chi connectivity index (χ4v) is 0.657. The first-order valence-corrected chi connectivity index (χ1v) is 3.78. The molecule has 0 amide bonds. The number of carboxylic acid groups (broad SMARTS) is 1. The highest BCUT2D eigenvalue weighted by Gasteiger charge is 2.10. The van der Waals surface area contributed by atoms with Crippen molar-refractivity contribution in [3.05, 3.63) is 0 Å². The van der Waals surface area contributed by atoms with Gasteiger partial charge in [0.1, 0.15) is 6.10 Å². The van der Waals surface area contributed by atoms with Crippen molar-refractivity contribution in [2.24, 2.45) is 0 Å². The van der Waals surface area contributed by atoms with Gasteiger partial charge in [-0.15, -0.1) is 0 Å². The van der Waals surface area contributed by atoms with Crippen molar-refractivity contribution in [2.75, 3.05) is 19.8 Å². The Kier molecular flexibility index (Phi) is 6.41. The molecule has 1 unspecified atom stereocenters. The van der Waals surface area contributed by atoms with Gasteiger partial charge in [0.2, 0.25) is 0 Å². The van der Waals surface area contributed by atoms with Crippen LogP contribution in [-0.2, 0) is 9.47 Å². The Labute approximate surface area is 70.9 Å². The monoisotopic (exact) mass is 178 g/mol. The molecule has 0 bridgehead atoms. The number of carbonyl (C=O) groups is 1. The number of ether oxygens (including phenoxy) is 2. The van der Waals surface area contributed by atoms with Gasteiger partial charge in [0.25, 0.3) is 0 Å². The van der Waals surface area contributed by atoms with Crippen LogP contribution in [0.4, 0.5) is 4.79 Å². The summed E-state index contributed by atoms with van der Waals surface area (Å²) in [5, 5.41) is 16.6. The lowest BCUT2D eigenvalue weighted by atomic mass is 10.3. The van der Waals surface area contributed by atoms with Crippen molar-refractivity contribution in [1.29, 1.82) is 0 Å². The smallest absolute Gasteiger partial charge is 0.450 e. The van der Waals surface area contributed by atoms with Crippen molar-refractivity contribution in [3.63, 3.8) is 0 Å². The van der Waals surface area contributed by atoms with Crippen LogP contribution >= 0.6 is 0 Å². The molecule has 5 heteroatoms. The Bertz CT molecular complexity index is 125. The highest BCUT2D eigenvalue weighted by Crippen LogP contribution is 1.98. The van der Waals surface area contributed by atoms with Crippen LogP contribution in [0, 0.1) is 0 Å². The molecular weight excluding hydrogens is 164 g/mol. The molecule has 2 N–H and O–H groups in total. The van der Waals surface area contributed by atoms with Gasteiger partial charge in [-0.05, 0) is 6.42 Å². The Morgan fingerprint density at radius 3 is 2.67 bits per heavy atom. The summed E-state index contributed by atoms with van der Waals surface area (Å²) >= 11 is 0. The van der Waals surface area contributed by atoms with Gasteiger partial charge in [-0.2, -0.15) is 0 Å². The molecule has 0 aromatic carbocycles. The van der Waals surface area contributed by atoms with Crippen LogP contribution in [0.25, 0.3) is 0 Å². The van der Waals surface area contributed by atoms with Gasteiger partial charge < -0.3 is 19.7 Å². The Morgan fingerprint density at radius 2 is 2.25 bits per heavy atom. The SMILES string of the molecule is CCC(COCCO)OC(=O)O. The lowest BCUT2D eigenvalue weighted by Gasteiger charge is -2.13. The number of rotatable bonds is 6. The molecule has 0 aromatic heterocycles. The summed E-state index contributed by atoms with van der Waals surface area (Å²) in [6.07, 6.45) is -1.17. The van der Waals surface area contributed by atoms with Crippen LogP contribution in [-0.4, -0.2) is 42.3 Å². The summed E-state index contributed by atoms with van der Waals surface area (Å²) in [4.78, 5) is 10.1. The Morgan fingerprint density at radius 1 is 1.58 bits per heavy atom. The van der Waals surface area contributed by atoms with Gasteiger partial charge >= 0.3 is 6.16 Å². The molecule has 0 aliphatic heterocycles. The fraction of sp³-hybridized carbons (Fsp3) is 0.857. The highest BCUT2D eigenvalue weighted by molar-refractivity contribution is 5.57. The van der Waals surface area contributed by atoms with Gasteiger partial charge in [-0.25, -0.2) is 4.79 Å². The van der Waals surface area contributed by atoms with E-state index < -0.39 is 12.3 Å². The third kappa shape index (κ3) is 5.94. The predicted molar refractivity (Wildman–Crippen MR) is 41.1 cm³/mol. The van der Waals surface area contributed by atoms with E-state index in [1.807, 2.05) is 0 Å². The standard InChI is InChI=1S/C7H14O5/c1-2-6(12-7(9)10)5-11-4-3-8/h6,8H,2-5H2,1H3,(H,9,10). The van der Waals surface area contributed by atoms with E-state index in [1.165, 1.54) is 0 Å². The largest absolute Gasteiger partial charge is 0.506 e. The molecule has 0 aliphatic carbocycles. The number of aliphatic hydroxyl groups is 1. The maximum absolute atomic E-state index is 10.1. The zero-order chi connectivity index (χ0) is 9.40. The molecule has 0 aromatic rings. The van der Waals surface area contributed by atoms with E-state index in [9.17, 15) is 4.79 Å². The van der Waals surface area contributed by atoms with E-state index >= 15 is 0 Å². The summed E-state index contributed by atoms with van der Waals surface area (Å²) in [7, 11) is 0. The molecule has 0 rings (SSSR count). The first kappa shape index (κ1) is 11.2. The van der Waals surface area contributed by atoms with E-state index in [4.69, 9.17) is 14.9 Å². The normalized spacial score (nSPS) is 12.5. The topological polar surface area (TPSA) is 76.0 Å². The summed E-state index contributed by atoms with van der Waals surface area (Å²) in [6.45, 7) is 2.14. The fourth-order valence-electron chi connectivity index (χ4n) is 0.657. The second kappa shape index (κ2) is 6.87. The minimum atomic E-state index is -1.30. The van der Waals surface area contributed by atoms with E-state index in [1.54, 1.807) is 6.92 Å². The van der Waals surface area contributed by atoms with Gasteiger partial charge in [0, 0.05) is 0 Å². The van der Waals surface area contributed by atoms with Gasteiger partial charge in [0.15, 0.2) is 0 Å². The third-order valence-corrected chi connectivity index (χ3v) is 1.26. The van der Waals surface area contributed by atoms with Crippen LogP contribution in [0.5, 0.6) is 0 Å². The zero-order valence-electron chi connectivity index (χ0n) is 7.02. The first-order valence-electron chi connectivity index (χ1n) is 3.78. The molecule has 1 atom stereocenters. The lowest BCUT2D eigenvalue weighted by molar-refractivity contribution is -0.0102. The van der Waals surface area contributed by atoms with Crippen LogP contribution in [0.3, 0.4) is 0 Å². The summed E-state index contributed by atoms with van der Waals surface area (Å²) in [5.41, 5.74) is 0. The van der Waals surface area contributed by atoms with Crippen LogP contribution in [0.15, 0.2) is 0 Å². The number of hydrogen-bond acceptors (Lipinski definition) is 4. The van der Waals surface area contributed by atoms with Crippen molar-refractivity contribution < 1.29 is 24.5 Å². The lowest BCUT2D eigenvalue weighted by Crippen LogP contribution is -2.22. The average Bonchev–Trinajstić information content (AvgIpc) is 2.02. The zero-order valence-corrected chi connectivity index (χ0v) is 7.02. The second-order valence-corrected chi connectivity index (χ2v) is 2.21. The quantitative estimate of drug-likeness (QED) is 0.456. The number of aliphatic hydroxyl groups excluding tert-OH is 1. The summed E-state index contributed by atoms with van der Waals surface area (Å²) in [6, 6.07) is 0. The van der Waals surface area contributed by atoms with Crippen LogP contribution < -0.4 is 0 Å². The van der Waals surface area contributed by atoms with Crippen LogP contribution in [0.1, 0.15) is 13.3 Å². The molecular formula is C7H14O5. The Hall–Kier alpha value is -0.810. The molecule has 5 nitrogen and oxygen atoms in total. The van der Waals surface area contributed by atoms with E-state index in [-0.39, 0.29) is 19.8 Å².